The first-order valence-corrected chi connectivity index (χ1v) is 16.0. The lowest BCUT2D eigenvalue weighted by atomic mass is 9.59. The van der Waals surface area contributed by atoms with Crippen molar-refractivity contribution in [2.45, 2.75) is 120 Å². The summed E-state index contributed by atoms with van der Waals surface area (Å²) >= 11 is 6.32. The highest BCUT2D eigenvalue weighted by atomic mass is 35.5. The van der Waals surface area contributed by atoms with Gasteiger partial charge in [0.1, 0.15) is 0 Å². The van der Waals surface area contributed by atoms with Crippen LogP contribution < -0.4 is 5.32 Å². The average Bonchev–Trinajstić information content (AvgIpc) is 3.25. The SMILES string of the molecule is CCCCC1=Cc2ccc(C3CCCCC3)cc2C12CCC(Nc1cccc(Cl)c1)(C(=C=CC(F)(F)F)CC)CC2. The van der Waals surface area contributed by atoms with Gasteiger partial charge in [0.2, 0.25) is 0 Å². The molecule has 3 aliphatic carbocycles. The number of allylic oxidation sites excluding steroid dienone is 1. The molecule has 0 radical (unpaired) electrons. The van der Waals surface area contributed by atoms with Crippen molar-refractivity contribution >= 4 is 23.4 Å². The van der Waals surface area contributed by atoms with Crippen LogP contribution in [0, 0.1) is 0 Å². The summed E-state index contributed by atoms with van der Waals surface area (Å²) in [6.45, 7) is 4.18. The van der Waals surface area contributed by atoms with Crippen LogP contribution >= 0.6 is 11.6 Å². The summed E-state index contributed by atoms with van der Waals surface area (Å²) in [5.74, 6) is 0.639. The summed E-state index contributed by atoms with van der Waals surface area (Å²) in [4.78, 5) is 0. The molecule has 1 nitrogen and oxygen atoms in total. The summed E-state index contributed by atoms with van der Waals surface area (Å²) in [5, 5.41) is 4.29. The number of nitrogens with one attached hydrogen (secondary N) is 1. The van der Waals surface area contributed by atoms with E-state index in [2.05, 4.69) is 42.2 Å². The predicted octanol–water partition coefficient (Wildman–Crippen LogP) is 11.7. The summed E-state index contributed by atoms with van der Waals surface area (Å²) < 4.78 is 39.9. The van der Waals surface area contributed by atoms with Gasteiger partial charge in [0, 0.05) is 16.1 Å². The van der Waals surface area contributed by atoms with E-state index in [1.807, 2.05) is 31.2 Å². The molecule has 0 saturated heterocycles. The van der Waals surface area contributed by atoms with Crippen LogP contribution in [0.2, 0.25) is 5.02 Å². The standard InChI is InChI=1S/C36H43ClF3N/c1-3-5-12-30-23-28-16-15-27(26-10-7-6-8-11-26)24-33(28)34(30)19-21-35(22-20-34,29(4-2)17-18-36(38,39)40)41-32-14-9-13-31(37)25-32/h9,13-16,18,23-26,41H,3-8,10-12,19-22H2,1-2H3. The molecule has 5 heteroatoms. The molecule has 2 saturated carbocycles. The Kier molecular flexibility index (Phi) is 9.12. The van der Waals surface area contributed by atoms with E-state index in [0.717, 1.165) is 50.6 Å². The lowest BCUT2D eigenvalue weighted by Crippen LogP contribution is -2.48. The van der Waals surface area contributed by atoms with Crippen LogP contribution in [0.15, 0.2) is 65.4 Å². The second-order valence-electron chi connectivity index (χ2n) is 12.4. The molecule has 0 atom stereocenters. The number of fused-ring (bicyclic) bond motifs is 2. The number of benzene rings is 2. The minimum absolute atomic E-state index is 0.0543. The third-order valence-electron chi connectivity index (χ3n) is 9.92. The number of hydrogen-bond donors (Lipinski definition) is 1. The van der Waals surface area contributed by atoms with Gasteiger partial charge in [0.25, 0.3) is 0 Å². The largest absolute Gasteiger partial charge is 0.416 e. The fourth-order valence-corrected chi connectivity index (χ4v) is 7.96. The van der Waals surface area contributed by atoms with Gasteiger partial charge in [0.05, 0.1) is 11.6 Å². The van der Waals surface area contributed by atoms with Gasteiger partial charge in [-0.25, -0.2) is 0 Å². The molecule has 0 aliphatic heterocycles. The van der Waals surface area contributed by atoms with E-state index < -0.39 is 11.7 Å². The number of unbranched alkanes of at least 4 members (excludes halogenated alkanes) is 1. The minimum atomic E-state index is -4.40. The first-order chi connectivity index (χ1) is 19.7. The first kappa shape index (κ1) is 30.1. The zero-order valence-electron chi connectivity index (χ0n) is 24.5. The summed E-state index contributed by atoms with van der Waals surface area (Å²) in [6.07, 6.45) is 11.9. The summed E-state index contributed by atoms with van der Waals surface area (Å²) in [6, 6.07) is 14.7. The molecule has 0 amide bonds. The molecule has 41 heavy (non-hydrogen) atoms. The molecule has 5 rings (SSSR count). The van der Waals surface area contributed by atoms with Gasteiger partial charge in [-0.15, -0.1) is 5.73 Å². The van der Waals surface area contributed by atoms with Crippen LogP contribution in [0.4, 0.5) is 18.9 Å². The quantitative estimate of drug-likeness (QED) is 0.306. The summed E-state index contributed by atoms with van der Waals surface area (Å²) in [5.41, 5.74) is 9.33. The van der Waals surface area contributed by atoms with Gasteiger partial charge in [-0.05, 0) is 104 Å². The molecule has 220 valence electrons. The van der Waals surface area contributed by atoms with Crippen molar-refractivity contribution in [3.8, 4) is 0 Å². The van der Waals surface area contributed by atoms with Crippen LogP contribution in [0.5, 0.6) is 0 Å². The topological polar surface area (TPSA) is 12.0 Å². The molecule has 0 bridgehead atoms. The molecule has 2 aromatic carbocycles. The molecule has 0 heterocycles. The number of alkyl halides is 3. The van der Waals surface area contributed by atoms with Crippen molar-refractivity contribution < 1.29 is 13.2 Å². The first-order valence-electron chi connectivity index (χ1n) is 15.6. The lowest BCUT2D eigenvalue weighted by Gasteiger charge is -2.48. The van der Waals surface area contributed by atoms with Gasteiger partial charge < -0.3 is 5.32 Å². The molecule has 1 N–H and O–H groups in total. The van der Waals surface area contributed by atoms with Crippen LogP contribution in [-0.4, -0.2) is 11.7 Å². The van der Waals surface area contributed by atoms with Gasteiger partial charge >= 0.3 is 6.18 Å². The molecule has 1 spiro atoms. The van der Waals surface area contributed by atoms with E-state index in [0.29, 0.717) is 22.9 Å². The molecular formula is C36H43ClF3N. The van der Waals surface area contributed by atoms with Crippen molar-refractivity contribution in [3.63, 3.8) is 0 Å². The molecular weight excluding hydrogens is 539 g/mol. The number of anilines is 1. The van der Waals surface area contributed by atoms with Gasteiger partial charge in [-0.2, -0.15) is 13.2 Å². The fourth-order valence-electron chi connectivity index (χ4n) is 7.77. The van der Waals surface area contributed by atoms with Crippen molar-refractivity contribution in [1.82, 2.24) is 0 Å². The van der Waals surface area contributed by atoms with E-state index in [9.17, 15) is 13.2 Å². The highest BCUT2D eigenvalue weighted by molar-refractivity contribution is 6.30. The normalized spacial score (nSPS) is 24.5. The molecule has 3 aliphatic rings. The zero-order valence-corrected chi connectivity index (χ0v) is 25.2. The van der Waals surface area contributed by atoms with Crippen LogP contribution in [-0.2, 0) is 5.41 Å². The van der Waals surface area contributed by atoms with Crippen LogP contribution in [0.3, 0.4) is 0 Å². The van der Waals surface area contributed by atoms with Crippen molar-refractivity contribution in [2.24, 2.45) is 0 Å². The van der Waals surface area contributed by atoms with Crippen molar-refractivity contribution in [2.75, 3.05) is 5.32 Å². The Morgan fingerprint density at radius 3 is 2.44 bits per heavy atom. The molecule has 0 aromatic heterocycles. The molecule has 0 unspecified atom stereocenters. The third kappa shape index (κ3) is 6.50. The number of rotatable bonds is 8. The maximum Gasteiger partial charge on any atom is 0.416 e. The number of hydrogen-bond acceptors (Lipinski definition) is 1. The van der Waals surface area contributed by atoms with Crippen molar-refractivity contribution in [3.05, 3.63) is 87.1 Å². The molecule has 2 aromatic rings. The monoisotopic (exact) mass is 581 g/mol. The minimum Gasteiger partial charge on any atom is -0.375 e. The van der Waals surface area contributed by atoms with Crippen LogP contribution in [0.1, 0.15) is 120 Å². The van der Waals surface area contributed by atoms with E-state index in [-0.39, 0.29) is 11.5 Å². The van der Waals surface area contributed by atoms with E-state index in [1.54, 1.807) is 0 Å². The van der Waals surface area contributed by atoms with Gasteiger partial charge in [-0.3, -0.25) is 0 Å². The average molecular weight is 582 g/mol. The summed E-state index contributed by atoms with van der Waals surface area (Å²) in [7, 11) is 0. The Hall–Kier alpha value is -2.42. The molecule has 2 fully saturated rings. The zero-order chi connectivity index (χ0) is 29.1. The highest BCUT2D eigenvalue weighted by Gasteiger charge is 2.49. The maximum atomic E-state index is 13.3. The van der Waals surface area contributed by atoms with E-state index in [1.165, 1.54) is 54.4 Å². The van der Waals surface area contributed by atoms with E-state index in [4.69, 9.17) is 11.6 Å². The fraction of sp³-hybridized carbons (Fsp3) is 0.528. The van der Waals surface area contributed by atoms with Crippen molar-refractivity contribution in [1.29, 1.82) is 0 Å². The Balaban J connectivity index is 1.54. The number of halogens is 4. The second-order valence-corrected chi connectivity index (χ2v) is 12.9. The van der Waals surface area contributed by atoms with Gasteiger partial charge in [-0.1, -0.05) is 87.0 Å². The Labute approximate surface area is 249 Å². The Morgan fingerprint density at radius 1 is 1.02 bits per heavy atom. The second kappa shape index (κ2) is 12.4. The van der Waals surface area contributed by atoms with E-state index >= 15 is 0 Å². The maximum absolute atomic E-state index is 13.3. The Bertz CT molecular complexity index is 1320. The third-order valence-corrected chi connectivity index (χ3v) is 10.2. The smallest absolute Gasteiger partial charge is 0.375 e. The Morgan fingerprint density at radius 2 is 1.78 bits per heavy atom. The van der Waals surface area contributed by atoms with Gasteiger partial charge in [0.15, 0.2) is 0 Å². The highest BCUT2D eigenvalue weighted by Crippen LogP contribution is 2.56. The van der Waals surface area contributed by atoms with Crippen LogP contribution in [0.25, 0.3) is 6.08 Å². The lowest BCUT2D eigenvalue weighted by molar-refractivity contribution is -0.0797. The predicted molar refractivity (Wildman–Crippen MR) is 166 cm³/mol.